The average molecular weight is 372 g/mol. The van der Waals surface area contributed by atoms with Crippen LogP contribution in [0.25, 0.3) is 10.9 Å². The number of para-hydroxylation sites is 1. The van der Waals surface area contributed by atoms with Crippen molar-refractivity contribution >= 4 is 39.8 Å². The van der Waals surface area contributed by atoms with Crippen LogP contribution in [0, 0.1) is 0 Å². The fourth-order valence-electron chi connectivity index (χ4n) is 3.04. The van der Waals surface area contributed by atoms with Crippen LogP contribution in [-0.2, 0) is 0 Å². The number of nitrogens with one attached hydrogen (secondary N) is 3. The van der Waals surface area contributed by atoms with Gasteiger partial charge in [0.25, 0.3) is 0 Å². The van der Waals surface area contributed by atoms with Gasteiger partial charge in [0.2, 0.25) is 0 Å². The highest BCUT2D eigenvalue weighted by molar-refractivity contribution is 7.80. The van der Waals surface area contributed by atoms with Crippen LogP contribution in [0.5, 0.6) is 0 Å². The molecule has 25 heavy (non-hydrogen) atoms. The second-order valence-electron chi connectivity index (χ2n) is 6.37. The summed E-state index contributed by atoms with van der Waals surface area (Å²) in [7, 11) is 0. The molecule has 3 N–H and O–H groups in total. The van der Waals surface area contributed by atoms with E-state index in [0.29, 0.717) is 17.7 Å². The van der Waals surface area contributed by atoms with Crippen molar-refractivity contribution in [2.45, 2.75) is 25.8 Å². The number of halogens is 1. The first kappa shape index (κ1) is 17.8. The fraction of sp³-hybridized carbons (Fsp3) is 0.250. The van der Waals surface area contributed by atoms with Gasteiger partial charge in [0.15, 0.2) is 5.11 Å². The molecule has 1 atom stereocenters. The molecule has 0 aliphatic carbocycles. The Hall–Kier alpha value is -2.04. The van der Waals surface area contributed by atoms with Crippen LogP contribution >= 0.6 is 23.8 Å². The number of H-pyrrole nitrogens is 1. The number of hydrogen-bond acceptors (Lipinski definition) is 1. The Morgan fingerprint density at radius 2 is 1.80 bits per heavy atom. The molecular formula is C20H22ClN3S. The van der Waals surface area contributed by atoms with E-state index in [1.54, 1.807) is 0 Å². The second kappa shape index (κ2) is 7.89. The summed E-state index contributed by atoms with van der Waals surface area (Å²) in [5, 5.41) is 9.20. The molecule has 0 unspecified atom stereocenters. The summed E-state index contributed by atoms with van der Waals surface area (Å²) >= 11 is 11.9. The van der Waals surface area contributed by atoms with Gasteiger partial charge in [-0.1, -0.05) is 48.0 Å². The number of rotatable bonds is 5. The summed E-state index contributed by atoms with van der Waals surface area (Å²) < 4.78 is 0. The molecule has 0 saturated heterocycles. The van der Waals surface area contributed by atoms with Gasteiger partial charge in [-0.25, -0.2) is 0 Å². The third-order valence-corrected chi connectivity index (χ3v) is 4.77. The van der Waals surface area contributed by atoms with Crippen LogP contribution in [0.3, 0.4) is 0 Å². The summed E-state index contributed by atoms with van der Waals surface area (Å²) in [6, 6.07) is 16.6. The van der Waals surface area contributed by atoms with Gasteiger partial charge in [0, 0.05) is 40.6 Å². The van der Waals surface area contributed by atoms with Crippen LogP contribution in [-0.4, -0.2) is 22.7 Å². The minimum atomic E-state index is 0.0942. The lowest BCUT2D eigenvalue weighted by molar-refractivity contribution is 0.693. The van der Waals surface area contributed by atoms with E-state index >= 15 is 0 Å². The van der Waals surface area contributed by atoms with Crippen molar-refractivity contribution < 1.29 is 0 Å². The molecule has 1 heterocycles. The Morgan fingerprint density at radius 1 is 1.08 bits per heavy atom. The maximum atomic E-state index is 6.50. The Balaban J connectivity index is 1.95. The molecule has 0 bridgehead atoms. The highest BCUT2D eigenvalue weighted by Crippen LogP contribution is 2.33. The molecule has 1 aromatic heterocycles. The normalized spacial score (nSPS) is 12.3. The SMILES string of the molecule is CC(C)NC(=S)NC[C@H](c1ccccc1Cl)c1c[nH]c2ccccc12. The van der Waals surface area contributed by atoms with E-state index in [1.165, 1.54) is 10.9 Å². The number of aromatic amines is 1. The lowest BCUT2D eigenvalue weighted by Gasteiger charge is -2.21. The average Bonchev–Trinajstić information content (AvgIpc) is 3.00. The highest BCUT2D eigenvalue weighted by atomic mass is 35.5. The van der Waals surface area contributed by atoms with Crippen LogP contribution in [0.1, 0.15) is 30.9 Å². The largest absolute Gasteiger partial charge is 0.362 e. The third kappa shape index (κ3) is 4.14. The van der Waals surface area contributed by atoms with Gasteiger partial charge >= 0.3 is 0 Å². The molecule has 5 heteroatoms. The molecule has 0 fully saturated rings. The summed E-state index contributed by atoms with van der Waals surface area (Å²) in [5.74, 6) is 0.0942. The van der Waals surface area contributed by atoms with Crippen LogP contribution < -0.4 is 10.6 Å². The summed E-state index contributed by atoms with van der Waals surface area (Å²) in [4.78, 5) is 3.36. The first-order valence-corrected chi connectivity index (χ1v) is 9.19. The standard InChI is InChI=1S/C20H22ClN3S/c1-13(2)24-20(25)23-12-16(14-7-3-5-9-18(14)21)17-11-22-19-10-6-4-8-15(17)19/h3-11,13,16,22H,12H2,1-2H3,(H2,23,24,25)/t16-/m1/s1. The van der Waals surface area contributed by atoms with Crippen LogP contribution in [0.4, 0.5) is 0 Å². The van der Waals surface area contributed by atoms with Crippen molar-refractivity contribution in [3.8, 4) is 0 Å². The molecule has 0 aliphatic heterocycles. The van der Waals surface area contributed by atoms with Crippen molar-refractivity contribution in [1.82, 2.24) is 15.6 Å². The molecule has 0 saturated carbocycles. The van der Waals surface area contributed by atoms with Crippen molar-refractivity contribution in [3.63, 3.8) is 0 Å². The van der Waals surface area contributed by atoms with Crippen molar-refractivity contribution in [2.75, 3.05) is 6.54 Å². The molecule has 130 valence electrons. The maximum Gasteiger partial charge on any atom is 0.166 e. The van der Waals surface area contributed by atoms with Crippen molar-refractivity contribution in [3.05, 3.63) is 70.9 Å². The molecule has 2 aromatic carbocycles. The van der Waals surface area contributed by atoms with E-state index in [2.05, 4.69) is 59.9 Å². The molecular weight excluding hydrogens is 350 g/mol. The van der Waals surface area contributed by atoms with E-state index in [1.807, 2.05) is 24.3 Å². The summed E-state index contributed by atoms with van der Waals surface area (Å²) in [5.41, 5.74) is 3.43. The second-order valence-corrected chi connectivity index (χ2v) is 7.19. The molecule has 3 aromatic rings. The van der Waals surface area contributed by atoms with E-state index in [-0.39, 0.29) is 5.92 Å². The van der Waals surface area contributed by atoms with Crippen molar-refractivity contribution in [1.29, 1.82) is 0 Å². The fourth-order valence-corrected chi connectivity index (χ4v) is 3.62. The van der Waals surface area contributed by atoms with E-state index in [9.17, 15) is 0 Å². The quantitative estimate of drug-likeness (QED) is 0.563. The first-order valence-electron chi connectivity index (χ1n) is 8.41. The molecule has 0 radical (unpaired) electrons. The number of thiocarbonyl (C=S) groups is 1. The van der Waals surface area contributed by atoms with Crippen LogP contribution in [0.15, 0.2) is 54.7 Å². The van der Waals surface area contributed by atoms with E-state index < -0.39 is 0 Å². The van der Waals surface area contributed by atoms with Gasteiger partial charge < -0.3 is 15.6 Å². The Labute approximate surface area is 158 Å². The number of benzene rings is 2. The molecule has 0 spiro atoms. The van der Waals surface area contributed by atoms with Gasteiger partial charge in [-0.05, 0) is 49.3 Å². The zero-order valence-corrected chi connectivity index (χ0v) is 15.9. The van der Waals surface area contributed by atoms with Crippen LogP contribution in [0.2, 0.25) is 5.02 Å². The predicted molar refractivity (Wildman–Crippen MR) is 110 cm³/mol. The number of hydrogen-bond donors (Lipinski definition) is 3. The predicted octanol–water partition coefficient (Wildman–Crippen LogP) is 4.83. The molecule has 3 nitrogen and oxygen atoms in total. The zero-order valence-electron chi connectivity index (χ0n) is 14.3. The number of aromatic nitrogens is 1. The minimum Gasteiger partial charge on any atom is -0.362 e. The lowest BCUT2D eigenvalue weighted by atomic mass is 9.91. The van der Waals surface area contributed by atoms with E-state index in [4.69, 9.17) is 23.8 Å². The monoisotopic (exact) mass is 371 g/mol. The van der Waals surface area contributed by atoms with Gasteiger partial charge in [-0.3, -0.25) is 0 Å². The minimum absolute atomic E-state index is 0.0942. The summed E-state index contributed by atoms with van der Waals surface area (Å²) in [6.45, 7) is 4.81. The summed E-state index contributed by atoms with van der Waals surface area (Å²) in [6.07, 6.45) is 2.07. The maximum absolute atomic E-state index is 6.50. The van der Waals surface area contributed by atoms with E-state index in [0.717, 1.165) is 16.1 Å². The lowest BCUT2D eigenvalue weighted by Crippen LogP contribution is -2.41. The Kier molecular flexibility index (Phi) is 5.61. The van der Waals surface area contributed by atoms with Gasteiger partial charge in [0.05, 0.1) is 0 Å². The first-order chi connectivity index (χ1) is 12.1. The van der Waals surface area contributed by atoms with Gasteiger partial charge in [-0.15, -0.1) is 0 Å². The Bertz CT molecular complexity index is 872. The molecule has 0 aliphatic rings. The Morgan fingerprint density at radius 3 is 2.56 bits per heavy atom. The van der Waals surface area contributed by atoms with Crippen molar-refractivity contribution in [2.24, 2.45) is 0 Å². The molecule has 3 rings (SSSR count). The molecule has 0 amide bonds. The number of fused-ring (bicyclic) bond motifs is 1. The zero-order chi connectivity index (χ0) is 17.8. The van der Waals surface area contributed by atoms with Gasteiger partial charge in [-0.2, -0.15) is 0 Å². The smallest absolute Gasteiger partial charge is 0.166 e. The van der Waals surface area contributed by atoms with Gasteiger partial charge in [0.1, 0.15) is 0 Å². The highest BCUT2D eigenvalue weighted by Gasteiger charge is 2.20. The third-order valence-electron chi connectivity index (χ3n) is 4.16. The topological polar surface area (TPSA) is 39.8 Å².